The monoisotopic (exact) mass is 210 g/mol. The van der Waals surface area contributed by atoms with E-state index in [1.54, 1.807) is 0 Å². The van der Waals surface area contributed by atoms with Crippen molar-refractivity contribution >= 4 is 5.91 Å². The van der Waals surface area contributed by atoms with E-state index in [1.807, 2.05) is 23.2 Å². The Hall–Kier alpha value is -1.07. The molecule has 0 aromatic heterocycles. The van der Waals surface area contributed by atoms with Crippen LogP contribution in [-0.2, 0) is 4.79 Å². The minimum absolute atomic E-state index is 0.181. The van der Waals surface area contributed by atoms with Crippen molar-refractivity contribution in [3.63, 3.8) is 0 Å². The largest absolute Gasteiger partial charge is 0.336 e. The maximum Gasteiger partial charge on any atom is 0.252 e. The van der Waals surface area contributed by atoms with E-state index in [0.29, 0.717) is 6.54 Å². The highest BCUT2D eigenvalue weighted by molar-refractivity contribution is 5.94. The topological polar surface area (TPSA) is 38.8 Å². The van der Waals surface area contributed by atoms with Crippen LogP contribution in [0.3, 0.4) is 0 Å². The van der Waals surface area contributed by atoms with Gasteiger partial charge in [-0.2, -0.15) is 0 Å². The summed E-state index contributed by atoms with van der Waals surface area (Å²) < 4.78 is 0. The summed E-state index contributed by atoms with van der Waals surface area (Å²) in [6, 6.07) is 0. The van der Waals surface area contributed by atoms with Gasteiger partial charge in [-0.3, -0.25) is 4.79 Å². The molecular weight excluding hydrogens is 192 g/mol. The van der Waals surface area contributed by atoms with Crippen molar-refractivity contribution in [1.29, 1.82) is 0 Å². The van der Waals surface area contributed by atoms with Crippen LogP contribution in [0.25, 0.3) is 0 Å². The second-order valence-corrected chi connectivity index (χ2v) is 4.20. The third-order valence-corrected chi connectivity index (χ3v) is 2.93. The minimum atomic E-state index is 0.181. The Balaban J connectivity index is 1.94. The lowest BCUT2D eigenvalue weighted by Crippen LogP contribution is -2.47. The normalized spacial score (nSPS) is 23.2. The van der Waals surface area contributed by atoms with Gasteiger partial charge < -0.3 is 14.8 Å². The fourth-order valence-electron chi connectivity index (χ4n) is 1.88. The van der Waals surface area contributed by atoms with E-state index < -0.39 is 0 Å². The van der Waals surface area contributed by atoms with Gasteiger partial charge >= 0.3 is 0 Å². The van der Waals surface area contributed by atoms with Gasteiger partial charge in [-0.1, -0.05) is 0 Å². The number of piperazine rings is 1. The molecule has 1 N–H and O–H groups in total. The number of hydrogen-bond acceptors (Lipinski definition) is 4. The van der Waals surface area contributed by atoms with Crippen molar-refractivity contribution in [3.05, 3.63) is 11.8 Å². The summed E-state index contributed by atoms with van der Waals surface area (Å²) in [6.07, 6.45) is 1.88. The first-order valence-corrected chi connectivity index (χ1v) is 5.31. The van der Waals surface area contributed by atoms with Crippen molar-refractivity contribution in [2.45, 2.75) is 0 Å². The molecule has 0 atom stereocenters. The molecule has 1 saturated heterocycles. The van der Waals surface area contributed by atoms with Gasteiger partial charge in [0.05, 0.1) is 5.57 Å². The zero-order valence-corrected chi connectivity index (χ0v) is 9.36. The first kappa shape index (κ1) is 10.4. The molecule has 5 nitrogen and oxygen atoms in total. The van der Waals surface area contributed by atoms with Crippen molar-refractivity contribution in [2.75, 3.05) is 46.8 Å². The van der Waals surface area contributed by atoms with Crippen molar-refractivity contribution in [1.82, 2.24) is 20.2 Å². The van der Waals surface area contributed by atoms with Crippen LogP contribution in [0.5, 0.6) is 0 Å². The molecule has 0 bridgehead atoms. The molecule has 2 aliphatic heterocycles. The highest BCUT2D eigenvalue weighted by Crippen LogP contribution is 2.09. The van der Waals surface area contributed by atoms with Crippen LogP contribution >= 0.6 is 0 Å². The second-order valence-electron chi connectivity index (χ2n) is 4.20. The quantitative estimate of drug-likeness (QED) is 0.608. The highest BCUT2D eigenvalue weighted by atomic mass is 16.2. The molecule has 0 aliphatic carbocycles. The van der Waals surface area contributed by atoms with Crippen molar-refractivity contribution < 1.29 is 4.79 Å². The zero-order valence-electron chi connectivity index (χ0n) is 9.36. The Labute approximate surface area is 90.3 Å². The van der Waals surface area contributed by atoms with E-state index >= 15 is 0 Å². The molecule has 15 heavy (non-hydrogen) atoms. The first-order chi connectivity index (χ1) is 7.16. The number of nitrogens with one attached hydrogen (secondary N) is 1. The molecule has 0 spiro atoms. The van der Waals surface area contributed by atoms with Crippen molar-refractivity contribution in [3.8, 4) is 0 Å². The molecule has 84 valence electrons. The molecule has 5 heteroatoms. The number of likely N-dealkylation sites (N-methyl/N-ethyl adjacent to an activating group) is 1. The van der Waals surface area contributed by atoms with E-state index in [1.165, 1.54) is 0 Å². The summed E-state index contributed by atoms with van der Waals surface area (Å²) in [4.78, 5) is 16.2. The van der Waals surface area contributed by atoms with Crippen LogP contribution in [0.4, 0.5) is 0 Å². The number of carbonyl (C=O) groups excluding carboxylic acids is 1. The maximum atomic E-state index is 12.0. The van der Waals surface area contributed by atoms with E-state index in [4.69, 9.17) is 0 Å². The van der Waals surface area contributed by atoms with Gasteiger partial charge in [-0.25, -0.2) is 5.43 Å². The number of carbonyl (C=O) groups is 1. The smallest absolute Gasteiger partial charge is 0.252 e. The summed E-state index contributed by atoms with van der Waals surface area (Å²) in [5, 5.41) is 1.84. The third kappa shape index (κ3) is 2.30. The Morgan fingerprint density at radius 1 is 1.27 bits per heavy atom. The Bertz CT molecular complexity index is 281. The number of amides is 1. The van der Waals surface area contributed by atoms with E-state index in [-0.39, 0.29) is 5.91 Å². The average Bonchev–Trinajstić information content (AvgIpc) is 2.65. The number of rotatable bonds is 1. The standard InChI is InChI=1S/C10H18N4O/c1-12-3-5-14(6-4-12)10(15)9-7-11-13(2)8-9/h8,11H,3-7H2,1-2H3. The molecule has 2 aliphatic rings. The van der Waals surface area contributed by atoms with Crippen LogP contribution in [0, 0.1) is 0 Å². The van der Waals surface area contributed by atoms with Gasteiger partial charge in [0.1, 0.15) is 0 Å². The summed E-state index contributed by atoms with van der Waals surface area (Å²) in [5.74, 6) is 0.181. The molecule has 0 aromatic carbocycles. The summed E-state index contributed by atoms with van der Waals surface area (Å²) in [7, 11) is 4.00. The molecule has 0 aromatic rings. The SMILES string of the molecule is CN1CCN(C(=O)C2=CN(C)NC2)CC1. The van der Waals surface area contributed by atoms with Gasteiger partial charge in [0, 0.05) is 46.0 Å². The van der Waals surface area contributed by atoms with Gasteiger partial charge in [-0.05, 0) is 7.05 Å². The Morgan fingerprint density at radius 2 is 1.93 bits per heavy atom. The molecule has 1 amide bonds. The molecule has 0 saturated carbocycles. The van der Waals surface area contributed by atoms with E-state index in [9.17, 15) is 4.79 Å². The van der Waals surface area contributed by atoms with Gasteiger partial charge in [-0.15, -0.1) is 0 Å². The molecule has 0 unspecified atom stereocenters. The molecule has 2 rings (SSSR count). The fraction of sp³-hybridized carbons (Fsp3) is 0.700. The predicted molar refractivity (Wildman–Crippen MR) is 57.9 cm³/mol. The maximum absolute atomic E-state index is 12.0. The van der Waals surface area contributed by atoms with Gasteiger partial charge in [0.15, 0.2) is 0 Å². The Morgan fingerprint density at radius 3 is 2.47 bits per heavy atom. The lowest BCUT2D eigenvalue weighted by Gasteiger charge is -2.32. The van der Waals surface area contributed by atoms with E-state index in [2.05, 4.69) is 17.4 Å². The Kier molecular flexibility index (Phi) is 2.93. The lowest BCUT2D eigenvalue weighted by molar-refractivity contribution is -0.128. The fourth-order valence-corrected chi connectivity index (χ4v) is 1.88. The van der Waals surface area contributed by atoms with Gasteiger partial charge in [0.25, 0.3) is 5.91 Å². The van der Waals surface area contributed by atoms with Crippen LogP contribution < -0.4 is 5.43 Å². The molecule has 0 radical (unpaired) electrons. The summed E-state index contributed by atoms with van der Waals surface area (Å²) in [5.41, 5.74) is 3.94. The minimum Gasteiger partial charge on any atom is -0.336 e. The van der Waals surface area contributed by atoms with Gasteiger partial charge in [0.2, 0.25) is 0 Å². The number of hydrazine groups is 1. The van der Waals surface area contributed by atoms with Crippen molar-refractivity contribution in [2.24, 2.45) is 0 Å². The third-order valence-electron chi connectivity index (χ3n) is 2.93. The van der Waals surface area contributed by atoms with Crippen LogP contribution in [0.1, 0.15) is 0 Å². The average molecular weight is 210 g/mol. The van der Waals surface area contributed by atoms with E-state index in [0.717, 1.165) is 31.8 Å². The second kappa shape index (κ2) is 4.20. The summed E-state index contributed by atoms with van der Waals surface area (Å²) in [6.45, 7) is 4.29. The zero-order chi connectivity index (χ0) is 10.8. The van der Waals surface area contributed by atoms with Crippen LogP contribution in [-0.4, -0.2) is 67.5 Å². The lowest BCUT2D eigenvalue weighted by atomic mass is 10.2. The number of nitrogens with zero attached hydrogens (tertiary/aromatic N) is 3. The number of hydrogen-bond donors (Lipinski definition) is 1. The summed E-state index contributed by atoms with van der Waals surface area (Å²) >= 11 is 0. The first-order valence-electron chi connectivity index (χ1n) is 5.31. The van der Waals surface area contributed by atoms with Crippen LogP contribution in [0.2, 0.25) is 0 Å². The molecule has 2 heterocycles. The molecule has 1 fully saturated rings. The highest BCUT2D eigenvalue weighted by Gasteiger charge is 2.24. The van der Waals surface area contributed by atoms with Crippen LogP contribution in [0.15, 0.2) is 11.8 Å². The predicted octanol–water partition coefficient (Wildman–Crippen LogP) is -0.906. The molecular formula is C10H18N4O.